The van der Waals surface area contributed by atoms with Crippen molar-refractivity contribution in [2.75, 3.05) is 13.1 Å². The van der Waals surface area contributed by atoms with Crippen molar-refractivity contribution in [1.29, 1.82) is 0 Å². The Morgan fingerprint density at radius 1 is 1.42 bits per heavy atom. The van der Waals surface area contributed by atoms with E-state index in [0.717, 1.165) is 9.86 Å². The Labute approximate surface area is 117 Å². The number of hydrogen-bond donors (Lipinski definition) is 1. The number of rotatable bonds is 4. The van der Waals surface area contributed by atoms with E-state index < -0.39 is 11.9 Å². The van der Waals surface area contributed by atoms with Crippen molar-refractivity contribution >= 4 is 38.8 Å². The van der Waals surface area contributed by atoms with Gasteiger partial charge in [-0.3, -0.25) is 9.59 Å². The lowest BCUT2D eigenvalue weighted by Gasteiger charge is -2.16. The number of carboxylic acids is 1. The van der Waals surface area contributed by atoms with Gasteiger partial charge in [-0.05, 0) is 35.0 Å². The second kappa shape index (κ2) is 5.44. The number of amides is 1. The fraction of sp³-hybridized carbons (Fsp3) is 0.231. The van der Waals surface area contributed by atoms with Crippen LogP contribution in [-0.4, -0.2) is 35.0 Å². The lowest BCUT2D eigenvalue weighted by Crippen LogP contribution is -2.35. The monoisotopic (exact) mass is 325 g/mol. The third kappa shape index (κ3) is 2.78. The molecule has 2 aromatic rings. The summed E-state index contributed by atoms with van der Waals surface area (Å²) in [6, 6.07) is 7.10. The molecule has 1 amide bonds. The number of likely N-dealkylation sites (N-methyl/N-ethyl adjacent to an activating group) is 1. The van der Waals surface area contributed by atoms with Gasteiger partial charge in [0.2, 0.25) is 0 Å². The van der Waals surface area contributed by atoms with Crippen molar-refractivity contribution in [3.63, 3.8) is 0 Å². The highest BCUT2D eigenvalue weighted by Gasteiger charge is 2.21. The molecule has 0 bridgehead atoms. The molecule has 0 aliphatic carbocycles. The molecule has 0 unspecified atom stereocenters. The molecule has 5 nitrogen and oxygen atoms in total. The number of carbonyl (C=O) groups is 2. The van der Waals surface area contributed by atoms with Gasteiger partial charge < -0.3 is 14.4 Å². The highest BCUT2D eigenvalue weighted by Crippen LogP contribution is 2.27. The van der Waals surface area contributed by atoms with E-state index in [2.05, 4.69) is 15.9 Å². The smallest absolute Gasteiger partial charge is 0.323 e. The zero-order valence-electron chi connectivity index (χ0n) is 10.2. The van der Waals surface area contributed by atoms with Crippen molar-refractivity contribution in [1.82, 2.24) is 4.90 Å². The van der Waals surface area contributed by atoms with Gasteiger partial charge in [-0.15, -0.1) is 0 Å². The maximum Gasteiger partial charge on any atom is 0.323 e. The largest absolute Gasteiger partial charge is 0.480 e. The summed E-state index contributed by atoms with van der Waals surface area (Å²) in [6.07, 6.45) is 0. The minimum absolute atomic E-state index is 0.144. The van der Waals surface area contributed by atoms with Crippen LogP contribution in [0.4, 0.5) is 0 Å². The van der Waals surface area contributed by atoms with Gasteiger partial charge in [0.1, 0.15) is 12.1 Å². The number of nitrogens with zero attached hydrogens (tertiary/aromatic N) is 1. The summed E-state index contributed by atoms with van der Waals surface area (Å²) in [4.78, 5) is 24.1. The first-order valence-electron chi connectivity index (χ1n) is 5.72. The molecule has 2 rings (SSSR count). The van der Waals surface area contributed by atoms with E-state index in [9.17, 15) is 9.59 Å². The lowest BCUT2D eigenvalue weighted by atomic mass is 10.2. The van der Waals surface area contributed by atoms with E-state index in [1.807, 2.05) is 18.2 Å². The highest BCUT2D eigenvalue weighted by molar-refractivity contribution is 9.10. The first-order valence-corrected chi connectivity index (χ1v) is 6.51. The van der Waals surface area contributed by atoms with Crippen molar-refractivity contribution in [2.45, 2.75) is 6.92 Å². The minimum atomic E-state index is -1.05. The number of halogens is 1. The summed E-state index contributed by atoms with van der Waals surface area (Å²) >= 11 is 3.34. The second-order valence-corrected chi connectivity index (χ2v) is 4.84. The van der Waals surface area contributed by atoms with Crippen molar-refractivity contribution in [3.05, 3.63) is 34.5 Å². The summed E-state index contributed by atoms with van der Waals surface area (Å²) in [6.45, 7) is 1.69. The molecule has 1 N–H and O–H groups in total. The molecule has 100 valence electrons. The van der Waals surface area contributed by atoms with Crippen LogP contribution in [0.2, 0.25) is 0 Å². The number of aliphatic carboxylic acids is 1. The molecule has 19 heavy (non-hydrogen) atoms. The summed E-state index contributed by atoms with van der Waals surface area (Å²) in [5.41, 5.74) is 0.581. The number of benzene rings is 1. The predicted molar refractivity (Wildman–Crippen MR) is 73.1 cm³/mol. The van der Waals surface area contributed by atoms with E-state index in [4.69, 9.17) is 9.52 Å². The average Bonchev–Trinajstić information content (AvgIpc) is 2.80. The Balaban J connectivity index is 2.35. The minimum Gasteiger partial charge on any atom is -0.480 e. The highest BCUT2D eigenvalue weighted by atomic mass is 79.9. The Kier molecular flexibility index (Phi) is 3.90. The number of fused-ring (bicyclic) bond motifs is 1. The first-order chi connectivity index (χ1) is 9.02. The Morgan fingerprint density at radius 3 is 2.74 bits per heavy atom. The van der Waals surface area contributed by atoms with E-state index in [1.54, 1.807) is 13.0 Å². The molecule has 0 saturated heterocycles. The van der Waals surface area contributed by atoms with Gasteiger partial charge in [0.15, 0.2) is 5.76 Å². The Hall–Kier alpha value is -1.82. The van der Waals surface area contributed by atoms with Crippen LogP contribution in [0.25, 0.3) is 11.0 Å². The number of hydrogen-bond acceptors (Lipinski definition) is 3. The van der Waals surface area contributed by atoms with Crippen LogP contribution in [0.1, 0.15) is 17.5 Å². The molecule has 6 heteroatoms. The number of carboxylic acid groups (broad SMARTS) is 1. The standard InChI is InChI=1S/C13H12BrNO4/c1-2-15(7-11(16)17)13(18)10-6-8-4-3-5-9(14)12(8)19-10/h3-6H,2,7H2,1H3,(H,16,17). The average molecular weight is 326 g/mol. The molecule has 0 aliphatic heterocycles. The Morgan fingerprint density at radius 2 is 2.16 bits per heavy atom. The molecule has 1 heterocycles. The van der Waals surface area contributed by atoms with Crippen LogP contribution in [0.3, 0.4) is 0 Å². The first kappa shape index (κ1) is 13.6. The van der Waals surface area contributed by atoms with Crippen LogP contribution >= 0.6 is 15.9 Å². The molecule has 0 saturated carbocycles. The van der Waals surface area contributed by atoms with Gasteiger partial charge in [-0.1, -0.05) is 12.1 Å². The molecular formula is C13H12BrNO4. The summed E-state index contributed by atoms with van der Waals surface area (Å²) in [7, 11) is 0. The van der Waals surface area contributed by atoms with E-state index >= 15 is 0 Å². The molecule has 0 radical (unpaired) electrons. The van der Waals surface area contributed by atoms with Crippen LogP contribution in [0.5, 0.6) is 0 Å². The molecule has 0 spiro atoms. The molecule has 1 aromatic heterocycles. The van der Waals surface area contributed by atoms with Crippen LogP contribution in [-0.2, 0) is 4.79 Å². The maximum absolute atomic E-state index is 12.1. The maximum atomic E-state index is 12.1. The quantitative estimate of drug-likeness (QED) is 0.938. The van der Waals surface area contributed by atoms with Gasteiger partial charge >= 0.3 is 5.97 Å². The number of furan rings is 1. The summed E-state index contributed by atoms with van der Waals surface area (Å²) in [5, 5.41) is 9.56. The van der Waals surface area contributed by atoms with Crippen molar-refractivity contribution < 1.29 is 19.1 Å². The molecular weight excluding hydrogens is 314 g/mol. The molecule has 0 atom stereocenters. The summed E-state index contributed by atoms with van der Waals surface area (Å²) < 4.78 is 6.25. The Bertz CT molecular complexity index is 635. The van der Waals surface area contributed by atoms with E-state index in [-0.39, 0.29) is 12.3 Å². The fourth-order valence-electron chi connectivity index (χ4n) is 1.78. The van der Waals surface area contributed by atoms with Gasteiger partial charge in [-0.2, -0.15) is 0 Å². The fourth-order valence-corrected chi connectivity index (χ4v) is 2.24. The lowest BCUT2D eigenvalue weighted by molar-refractivity contribution is -0.137. The number of carbonyl (C=O) groups excluding carboxylic acids is 1. The number of para-hydroxylation sites is 1. The second-order valence-electron chi connectivity index (χ2n) is 3.98. The van der Waals surface area contributed by atoms with Gasteiger partial charge in [-0.25, -0.2) is 0 Å². The molecule has 0 fully saturated rings. The van der Waals surface area contributed by atoms with E-state index in [1.165, 1.54) is 4.90 Å². The third-order valence-electron chi connectivity index (χ3n) is 2.70. The zero-order valence-corrected chi connectivity index (χ0v) is 11.8. The van der Waals surface area contributed by atoms with Gasteiger partial charge in [0.25, 0.3) is 5.91 Å². The third-order valence-corrected chi connectivity index (χ3v) is 3.33. The van der Waals surface area contributed by atoms with Crippen molar-refractivity contribution in [3.8, 4) is 0 Å². The van der Waals surface area contributed by atoms with Gasteiger partial charge in [0, 0.05) is 11.9 Å². The SMILES string of the molecule is CCN(CC(=O)O)C(=O)c1cc2cccc(Br)c2o1. The normalized spacial score (nSPS) is 10.6. The topological polar surface area (TPSA) is 70.8 Å². The molecule has 1 aromatic carbocycles. The predicted octanol–water partition coefficient (Wildman–Crippen LogP) is 2.74. The zero-order chi connectivity index (χ0) is 14.0. The summed E-state index contributed by atoms with van der Waals surface area (Å²) in [5.74, 6) is -1.33. The molecule has 0 aliphatic rings. The van der Waals surface area contributed by atoms with Crippen LogP contribution in [0, 0.1) is 0 Å². The van der Waals surface area contributed by atoms with Crippen LogP contribution < -0.4 is 0 Å². The van der Waals surface area contributed by atoms with Gasteiger partial charge in [0.05, 0.1) is 4.47 Å². The van der Waals surface area contributed by atoms with Crippen LogP contribution in [0.15, 0.2) is 33.2 Å². The van der Waals surface area contributed by atoms with E-state index in [0.29, 0.717) is 12.1 Å². The van der Waals surface area contributed by atoms with Crippen molar-refractivity contribution in [2.24, 2.45) is 0 Å².